The second-order valence-corrected chi connectivity index (χ2v) is 8.22. The van der Waals surface area contributed by atoms with Gasteiger partial charge in [-0.1, -0.05) is 36.4 Å². The molecule has 32 heavy (non-hydrogen) atoms. The van der Waals surface area contributed by atoms with E-state index >= 15 is 0 Å². The molecule has 3 aromatic carbocycles. The first-order valence-electron chi connectivity index (χ1n) is 10.3. The van der Waals surface area contributed by atoms with Crippen LogP contribution in [0.1, 0.15) is 35.3 Å². The molecule has 0 fully saturated rings. The van der Waals surface area contributed by atoms with Gasteiger partial charge in [-0.2, -0.15) is 0 Å². The fourth-order valence-corrected chi connectivity index (χ4v) is 4.11. The van der Waals surface area contributed by atoms with Gasteiger partial charge in [-0.15, -0.1) is 0 Å². The highest BCUT2D eigenvalue weighted by atomic mass is 79.9. The topological polar surface area (TPSA) is 46.6 Å². The van der Waals surface area contributed by atoms with Gasteiger partial charge in [0, 0.05) is 16.8 Å². The van der Waals surface area contributed by atoms with Crippen molar-refractivity contribution in [1.82, 2.24) is 0 Å². The normalized spacial score (nSPS) is 14.6. The average Bonchev–Trinajstić information content (AvgIpc) is 3.12. The maximum atomic E-state index is 13.5. The molecule has 0 saturated heterocycles. The molecule has 0 unspecified atom stereocenters. The lowest BCUT2D eigenvalue weighted by atomic mass is 10.1. The molecule has 1 aliphatic rings. The highest BCUT2D eigenvalue weighted by molar-refractivity contribution is 9.10. The van der Waals surface area contributed by atoms with Crippen LogP contribution in [-0.4, -0.2) is 18.3 Å². The Bertz CT molecular complexity index is 1230. The predicted molar refractivity (Wildman–Crippen MR) is 132 cm³/mol. The number of halogens is 1. The highest BCUT2D eigenvalue weighted by Crippen LogP contribution is 2.36. The fourth-order valence-electron chi connectivity index (χ4n) is 3.60. The Morgan fingerprint density at radius 1 is 1.03 bits per heavy atom. The van der Waals surface area contributed by atoms with E-state index in [9.17, 15) is 9.59 Å². The summed E-state index contributed by atoms with van der Waals surface area (Å²) in [7, 11) is 0. The Hall–Kier alpha value is -3.44. The Kier molecular flexibility index (Phi) is 6.37. The smallest absolute Gasteiger partial charge is 0.262 e. The monoisotopic (exact) mass is 487 g/mol. The van der Waals surface area contributed by atoms with Gasteiger partial charge in [-0.05, 0) is 89.5 Å². The molecule has 4 nitrogen and oxygen atoms in total. The summed E-state index contributed by atoms with van der Waals surface area (Å²) >= 11 is 3.54. The molecule has 0 saturated carbocycles. The van der Waals surface area contributed by atoms with E-state index in [1.807, 2.05) is 79.7 Å². The number of ether oxygens (including phenoxy) is 1. The molecular weight excluding hydrogens is 466 g/mol. The van der Waals surface area contributed by atoms with Gasteiger partial charge in [-0.25, -0.2) is 0 Å². The first-order valence-corrected chi connectivity index (χ1v) is 11.1. The van der Waals surface area contributed by atoms with Gasteiger partial charge in [0.2, 0.25) is 0 Å². The minimum Gasteiger partial charge on any atom is -0.493 e. The molecule has 1 amide bonds. The molecule has 1 heterocycles. The number of Topliss-reactive ketones (excluding diaryl/α,β-unsaturated/α-hetero) is 1. The number of ketones is 1. The highest BCUT2D eigenvalue weighted by Gasteiger charge is 2.30. The average molecular weight is 488 g/mol. The summed E-state index contributed by atoms with van der Waals surface area (Å²) in [5, 5.41) is 0. The Morgan fingerprint density at radius 2 is 1.75 bits per heavy atom. The standard InChI is InChI=1S/C27H22BrNO3/c1-3-32-26-14-9-19(16-24(26)28)15-22-17-25(21-7-5-4-6-8-21)29(27(22)31)23-12-10-20(11-13-23)18(2)30/h4-17H,3H2,1-2H3/b22-15+. The summed E-state index contributed by atoms with van der Waals surface area (Å²) in [6.45, 7) is 4.05. The van der Waals surface area contributed by atoms with Crippen LogP contribution in [0.25, 0.3) is 11.8 Å². The third kappa shape index (κ3) is 4.43. The molecule has 0 radical (unpaired) electrons. The van der Waals surface area contributed by atoms with Crippen molar-refractivity contribution in [2.75, 3.05) is 11.5 Å². The lowest BCUT2D eigenvalue weighted by Gasteiger charge is -2.21. The van der Waals surface area contributed by atoms with Crippen LogP contribution in [0.4, 0.5) is 5.69 Å². The number of anilines is 1. The van der Waals surface area contributed by atoms with Crippen LogP contribution < -0.4 is 9.64 Å². The second kappa shape index (κ2) is 9.37. The van der Waals surface area contributed by atoms with E-state index in [1.54, 1.807) is 17.0 Å². The summed E-state index contributed by atoms with van der Waals surface area (Å²) < 4.78 is 6.42. The van der Waals surface area contributed by atoms with E-state index < -0.39 is 0 Å². The fraction of sp³-hybridized carbons (Fsp3) is 0.111. The number of nitrogens with zero attached hydrogens (tertiary/aromatic N) is 1. The van der Waals surface area contributed by atoms with Gasteiger partial charge in [0.1, 0.15) is 5.75 Å². The molecule has 4 rings (SSSR count). The minimum atomic E-state index is -0.121. The number of carbonyl (C=O) groups is 2. The van der Waals surface area contributed by atoms with Crippen LogP contribution >= 0.6 is 15.9 Å². The molecule has 0 aliphatic carbocycles. The quantitative estimate of drug-likeness (QED) is 0.293. The largest absolute Gasteiger partial charge is 0.493 e. The zero-order valence-corrected chi connectivity index (χ0v) is 19.4. The molecule has 3 aromatic rings. The number of hydrogen-bond acceptors (Lipinski definition) is 3. The summed E-state index contributed by atoms with van der Waals surface area (Å²) in [5.41, 5.74) is 4.53. The van der Waals surface area contributed by atoms with E-state index in [0.29, 0.717) is 23.4 Å². The summed E-state index contributed by atoms with van der Waals surface area (Å²) in [4.78, 5) is 26.8. The van der Waals surface area contributed by atoms with E-state index in [4.69, 9.17) is 4.74 Å². The number of benzene rings is 3. The number of hydrogen-bond donors (Lipinski definition) is 0. The molecule has 0 spiro atoms. The summed E-state index contributed by atoms with van der Waals surface area (Å²) in [6.07, 6.45) is 3.77. The Labute approximate surface area is 196 Å². The van der Waals surface area contributed by atoms with Crippen molar-refractivity contribution < 1.29 is 14.3 Å². The van der Waals surface area contributed by atoms with E-state index in [0.717, 1.165) is 27.0 Å². The van der Waals surface area contributed by atoms with Crippen molar-refractivity contribution in [3.8, 4) is 5.75 Å². The zero-order chi connectivity index (χ0) is 22.7. The van der Waals surface area contributed by atoms with Crippen LogP contribution in [0.15, 0.2) is 88.9 Å². The third-order valence-corrected chi connectivity index (χ3v) is 5.78. The molecule has 0 atom stereocenters. The minimum absolute atomic E-state index is 0.00946. The van der Waals surface area contributed by atoms with Crippen LogP contribution in [0.2, 0.25) is 0 Å². The van der Waals surface area contributed by atoms with Crippen molar-refractivity contribution in [2.24, 2.45) is 0 Å². The first-order chi connectivity index (χ1) is 15.5. The number of rotatable bonds is 6. The predicted octanol–water partition coefficient (Wildman–Crippen LogP) is 6.52. The van der Waals surface area contributed by atoms with Crippen LogP contribution in [0, 0.1) is 0 Å². The van der Waals surface area contributed by atoms with Crippen molar-refractivity contribution in [3.05, 3.63) is 106 Å². The summed E-state index contributed by atoms with van der Waals surface area (Å²) in [6, 6.07) is 22.7. The Morgan fingerprint density at radius 3 is 2.38 bits per heavy atom. The van der Waals surface area contributed by atoms with Gasteiger partial charge in [-0.3, -0.25) is 14.5 Å². The SMILES string of the molecule is CCOc1ccc(/C=C2\C=C(c3ccccc3)N(c3ccc(C(C)=O)cc3)C2=O)cc1Br. The molecule has 0 aromatic heterocycles. The van der Waals surface area contributed by atoms with Gasteiger partial charge < -0.3 is 4.74 Å². The molecule has 5 heteroatoms. The van der Waals surface area contributed by atoms with Crippen molar-refractivity contribution >= 4 is 45.1 Å². The summed E-state index contributed by atoms with van der Waals surface area (Å²) in [5.74, 6) is 0.634. The molecule has 0 N–H and O–H groups in total. The van der Waals surface area contributed by atoms with Gasteiger partial charge in [0.05, 0.1) is 16.8 Å². The van der Waals surface area contributed by atoms with Gasteiger partial charge in [0.15, 0.2) is 5.78 Å². The molecular formula is C27H22BrNO3. The second-order valence-electron chi connectivity index (χ2n) is 7.36. The molecule has 1 aliphatic heterocycles. The number of carbonyl (C=O) groups excluding carboxylic acids is 2. The van der Waals surface area contributed by atoms with E-state index in [1.165, 1.54) is 6.92 Å². The lowest BCUT2D eigenvalue weighted by Crippen LogP contribution is -2.25. The van der Waals surface area contributed by atoms with E-state index in [-0.39, 0.29) is 11.7 Å². The molecule has 160 valence electrons. The number of amides is 1. The van der Waals surface area contributed by atoms with Crippen LogP contribution in [0.3, 0.4) is 0 Å². The lowest BCUT2D eigenvalue weighted by molar-refractivity contribution is -0.113. The van der Waals surface area contributed by atoms with E-state index in [2.05, 4.69) is 15.9 Å². The van der Waals surface area contributed by atoms with Crippen molar-refractivity contribution in [3.63, 3.8) is 0 Å². The first kappa shape index (κ1) is 21.8. The maximum Gasteiger partial charge on any atom is 0.262 e. The third-order valence-electron chi connectivity index (χ3n) is 5.16. The zero-order valence-electron chi connectivity index (χ0n) is 17.8. The molecule has 0 bridgehead atoms. The van der Waals surface area contributed by atoms with Crippen LogP contribution in [0.5, 0.6) is 5.75 Å². The Balaban J connectivity index is 1.76. The van der Waals surface area contributed by atoms with Crippen molar-refractivity contribution in [2.45, 2.75) is 13.8 Å². The van der Waals surface area contributed by atoms with Gasteiger partial charge >= 0.3 is 0 Å². The van der Waals surface area contributed by atoms with Gasteiger partial charge in [0.25, 0.3) is 5.91 Å². The maximum absolute atomic E-state index is 13.5. The van der Waals surface area contributed by atoms with Crippen molar-refractivity contribution in [1.29, 1.82) is 0 Å². The van der Waals surface area contributed by atoms with Crippen LogP contribution in [-0.2, 0) is 4.79 Å².